The SMILES string of the molecule is O=C1Nc2cc(Cn3nccc3CO)c(F)cc2C(C#CC2CC2)N1. The molecule has 2 amide bonds. The molecule has 1 fully saturated rings. The molecule has 0 spiro atoms. The van der Waals surface area contributed by atoms with Crippen LogP contribution in [0.2, 0.25) is 0 Å². The third kappa shape index (κ3) is 3.21. The van der Waals surface area contributed by atoms with E-state index in [1.807, 2.05) is 0 Å². The van der Waals surface area contributed by atoms with E-state index in [4.69, 9.17) is 0 Å². The van der Waals surface area contributed by atoms with E-state index in [1.165, 1.54) is 10.7 Å². The van der Waals surface area contributed by atoms with Crippen LogP contribution in [0, 0.1) is 23.6 Å². The van der Waals surface area contributed by atoms with Crippen molar-refractivity contribution in [2.75, 3.05) is 5.32 Å². The Morgan fingerprint density at radius 1 is 1.36 bits per heavy atom. The number of fused-ring (bicyclic) bond motifs is 1. The molecule has 4 rings (SSSR count). The number of aliphatic hydroxyl groups excluding tert-OH is 1. The van der Waals surface area contributed by atoms with Crippen LogP contribution in [0.15, 0.2) is 24.4 Å². The molecule has 1 aromatic carbocycles. The third-order valence-corrected chi connectivity index (χ3v) is 4.35. The Balaban J connectivity index is 1.67. The van der Waals surface area contributed by atoms with E-state index in [-0.39, 0.29) is 19.2 Å². The first-order chi connectivity index (χ1) is 12.1. The van der Waals surface area contributed by atoms with Gasteiger partial charge in [0.2, 0.25) is 0 Å². The number of amides is 2. The number of anilines is 1. The lowest BCUT2D eigenvalue weighted by Gasteiger charge is -2.25. The van der Waals surface area contributed by atoms with Gasteiger partial charge in [-0.25, -0.2) is 9.18 Å². The van der Waals surface area contributed by atoms with Gasteiger partial charge < -0.3 is 15.7 Å². The second-order valence-electron chi connectivity index (χ2n) is 6.26. The molecule has 3 N–H and O–H groups in total. The number of hydrogen-bond donors (Lipinski definition) is 3. The number of halogens is 1. The highest BCUT2D eigenvalue weighted by Gasteiger charge is 2.26. The zero-order chi connectivity index (χ0) is 17.4. The minimum atomic E-state index is -0.509. The monoisotopic (exact) mass is 340 g/mol. The van der Waals surface area contributed by atoms with Crippen molar-refractivity contribution in [1.82, 2.24) is 15.1 Å². The van der Waals surface area contributed by atoms with Gasteiger partial charge in [0, 0.05) is 28.9 Å². The molecule has 1 aliphatic heterocycles. The van der Waals surface area contributed by atoms with Gasteiger partial charge in [0.15, 0.2) is 0 Å². The predicted octanol–water partition coefficient (Wildman–Crippen LogP) is 2.15. The topological polar surface area (TPSA) is 79.2 Å². The number of benzene rings is 1. The van der Waals surface area contributed by atoms with Gasteiger partial charge in [-0.1, -0.05) is 11.8 Å². The summed E-state index contributed by atoms with van der Waals surface area (Å²) in [5, 5.41) is 18.8. The van der Waals surface area contributed by atoms with Crippen LogP contribution in [0.25, 0.3) is 0 Å². The van der Waals surface area contributed by atoms with Crippen molar-refractivity contribution < 1.29 is 14.3 Å². The van der Waals surface area contributed by atoms with E-state index < -0.39 is 11.9 Å². The van der Waals surface area contributed by atoms with Crippen molar-refractivity contribution in [2.45, 2.75) is 32.0 Å². The van der Waals surface area contributed by atoms with Crippen molar-refractivity contribution in [1.29, 1.82) is 0 Å². The molecule has 0 saturated heterocycles. The number of aliphatic hydroxyl groups is 1. The molecule has 2 heterocycles. The van der Waals surface area contributed by atoms with E-state index in [1.54, 1.807) is 18.3 Å². The Kier molecular flexibility index (Phi) is 3.90. The summed E-state index contributed by atoms with van der Waals surface area (Å²) in [6, 6.07) is 3.83. The summed E-state index contributed by atoms with van der Waals surface area (Å²) >= 11 is 0. The maximum atomic E-state index is 14.6. The fraction of sp³-hybridized carbons (Fsp3) is 0.333. The summed E-state index contributed by atoms with van der Waals surface area (Å²) < 4.78 is 16.1. The number of carbonyl (C=O) groups is 1. The van der Waals surface area contributed by atoms with Gasteiger partial charge in [0.05, 0.1) is 18.8 Å². The Bertz CT molecular complexity index is 892. The van der Waals surface area contributed by atoms with Gasteiger partial charge in [-0.3, -0.25) is 4.68 Å². The second kappa shape index (κ2) is 6.22. The zero-order valence-electron chi connectivity index (χ0n) is 13.4. The molecule has 0 bridgehead atoms. The Morgan fingerprint density at radius 3 is 2.96 bits per heavy atom. The average molecular weight is 340 g/mol. The molecule has 1 aliphatic carbocycles. The summed E-state index contributed by atoms with van der Waals surface area (Å²) in [7, 11) is 0. The van der Waals surface area contributed by atoms with Crippen LogP contribution >= 0.6 is 0 Å². The van der Waals surface area contributed by atoms with Crippen LogP contribution in [-0.4, -0.2) is 20.9 Å². The standard InChI is InChI=1S/C18H17FN4O2/c19-15-8-14-16(4-3-11-1-2-11)21-18(25)22-17(14)7-12(15)9-23-13(10-24)5-6-20-23/h5-8,11,16,24H,1-2,9-10H2,(H2,21,22,25). The molecule has 1 atom stereocenters. The van der Waals surface area contributed by atoms with Crippen LogP contribution < -0.4 is 10.6 Å². The number of rotatable bonds is 3. The van der Waals surface area contributed by atoms with Crippen LogP contribution in [0.4, 0.5) is 14.9 Å². The lowest BCUT2D eigenvalue weighted by Crippen LogP contribution is -2.37. The molecular weight excluding hydrogens is 323 g/mol. The highest BCUT2D eigenvalue weighted by atomic mass is 19.1. The number of carbonyl (C=O) groups excluding carboxylic acids is 1. The van der Waals surface area contributed by atoms with E-state index in [9.17, 15) is 14.3 Å². The van der Waals surface area contributed by atoms with E-state index in [2.05, 4.69) is 27.6 Å². The molecule has 0 radical (unpaired) electrons. The second-order valence-corrected chi connectivity index (χ2v) is 6.26. The van der Waals surface area contributed by atoms with E-state index >= 15 is 0 Å². The Hall–Kier alpha value is -2.85. The van der Waals surface area contributed by atoms with Crippen LogP contribution in [0.3, 0.4) is 0 Å². The maximum Gasteiger partial charge on any atom is 0.320 e. The number of nitrogens with zero attached hydrogens (tertiary/aromatic N) is 2. The third-order valence-electron chi connectivity index (χ3n) is 4.35. The molecular formula is C18H17FN4O2. The molecule has 1 saturated carbocycles. The largest absolute Gasteiger partial charge is 0.390 e. The molecule has 1 aromatic heterocycles. The number of hydrogen-bond acceptors (Lipinski definition) is 3. The lowest BCUT2D eigenvalue weighted by molar-refractivity contribution is 0.249. The van der Waals surface area contributed by atoms with Crippen molar-refractivity contribution in [3.63, 3.8) is 0 Å². The van der Waals surface area contributed by atoms with Gasteiger partial charge in [-0.15, -0.1) is 0 Å². The summed E-state index contributed by atoms with van der Waals surface area (Å²) in [4.78, 5) is 11.9. The van der Waals surface area contributed by atoms with Gasteiger partial charge in [-0.05, 0) is 31.0 Å². The minimum Gasteiger partial charge on any atom is -0.390 e. The van der Waals surface area contributed by atoms with Crippen molar-refractivity contribution >= 4 is 11.7 Å². The molecule has 7 heteroatoms. The Morgan fingerprint density at radius 2 is 2.20 bits per heavy atom. The van der Waals surface area contributed by atoms with Gasteiger partial charge in [0.1, 0.15) is 11.9 Å². The quantitative estimate of drug-likeness (QED) is 0.749. The normalized spacial score (nSPS) is 18.6. The van der Waals surface area contributed by atoms with Crippen molar-refractivity contribution in [2.24, 2.45) is 5.92 Å². The Labute approximate surface area is 144 Å². The fourth-order valence-electron chi connectivity index (χ4n) is 2.81. The highest BCUT2D eigenvalue weighted by molar-refractivity contribution is 5.93. The minimum absolute atomic E-state index is 0.170. The summed E-state index contributed by atoms with van der Waals surface area (Å²) in [6.07, 6.45) is 3.73. The van der Waals surface area contributed by atoms with Crippen molar-refractivity contribution in [3.05, 3.63) is 47.0 Å². The van der Waals surface area contributed by atoms with Crippen LogP contribution in [0.5, 0.6) is 0 Å². The molecule has 6 nitrogen and oxygen atoms in total. The fourth-order valence-corrected chi connectivity index (χ4v) is 2.81. The predicted molar refractivity (Wildman–Crippen MR) is 89.0 cm³/mol. The first kappa shape index (κ1) is 15.7. The molecule has 25 heavy (non-hydrogen) atoms. The summed E-state index contributed by atoms with van der Waals surface area (Å²) in [5.74, 6) is 6.16. The number of aromatic nitrogens is 2. The summed E-state index contributed by atoms with van der Waals surface area (Å²) in [5.41, 5.74) is 2.15. The lowest BCUT2D eigenvalue weighted by atomic mass is 9.99. The van der Waals surface area contributed by atoms with Gasteiger partial charge >= 0.3 is 6.03 Å². The van der Waals surface area contributed by atoms with Gasteiger partial charge in [-0.2, -0.15) is 5.10 Å². The van der Waals surface area contributed by atoms with Gasteiger partial charge in [0.25, 0.3) is 0 Å². The highest BCUT2D eigenvalue weighted by Crippen LogP contribution is 2.31. The average Bonchev–Trinajstić information content (AvgIpc) is 3.31. The molecule has 2 aromatic rings. The molecule has 2 aliphatic rings. The van der Waals surface area contributed by atoms with Crippen LogP contribution in [0.1, 0.15) is 35.7 Å². The first-order valence-corrected chi connectivity index (χ1v) is 8.16. The van der Waals surface area contributed by atoms with Crippen LogP contribution in [-0.2, 0) is 13.2 Å². The first-order valence-electron chi connectivity index (χ1n) is 8.16. The molecule has 128 valence electrons. The smallest absolute Gasteiger partial charge is 0.320 e. The van der Waals surface area contributed by atoms with E-state index in [0.29, 0.717) is 28.4 Å². The zero-order valence-corrected chi connectivity index (χ0v) is 13.4. The number of urea groups is 1. The molecule has 1 unspecified atom stereocenters. The number of nitrogens with one attached hydrogen (secondary N) is 2. The van der Waals surface area contributed by atoms with E-state index in [0.717, 1.165) is 12.8 Å². The van der Waals surface area contributed by atoms with Crippen molar-refractivity contribution in [3.8, 4) is 11.8 Å². The summed E-state index contributed by atoms with van der Waals surface area (Å²) in [6.45, 7) is -0.00420. The maximum absolute atomic E-state index is 14.6.